The highest BCUT2D eigenvalue weighted by molar-refractivity contribution is 5.96. The van der Waals surface area contributed by atoms with Gasteiger partial charge in [-0.15, -0.1) is 0 Å². The first-order chi connectivity index (χ1) is 24.8. The molecule has 6 atom stereocenters. The number of amides is 6. The van der Waals surface area contributed by atoms with Crippen molar-refractivity contribution in [3.05, 3.63) is 35.9 Å². The van der Waals surface area contributed by atoms with Gasteiger partial charge in [0.05, 0.1) is 19.1 Å². The first kappa shape index (κ1) is 45.7. The Labute approximate surface area is 308 Å². The van der Waals surface area contributed by atoms with Crippen molar-refractivity contribution in [1.82, 2.24) is 26.6 Å². The molecule has 19 heteroatoms. The normalized spacial score (nSPS) is 14.4. The smallest absolute Gasteiger partial charge is 0.326 e. The molecule has 0 radical (unpaired) electrons. The Morgan fingerprint density at radius 1 is 0.679 bits per heavy atom. The lowest BCUT2D eigenvalue weighted by Gasteiger charge is -2.28. The van der Waals surface area contributed by atoms with Crippen molar-refractivity contribution in [2.75, 3.05) is 13.2 Å². The van der Waals surface area contributed by atoms with Gasteiger partial charge in [0.25, 0.3) is 0 Å². The van der Waals surface area contributed by atoms with Crippen LogP contribution in [0.15, 0.2) is 35.3 Å². The van der Waals surface area contributed by atoms with E-state index in [0.717, 1.165) is 5.56 Å². The highest BCUT2D eigenvalue weighted by atomic mass is 16.4. The Balaban J connectivity index is 3.18. The van der Waals surface area contributed by atoms with Crippen LogP contribution in [0.1, 0.15) is 65.4 Å². The molecule has 15 N–H and O–H groups in total. The highest BCUT2D eigenvalue weighted by Crippen LogP contribution is 2.11. The number of aliphatic hydroxyl groups excluding tert-OH is 1. The second-order valence-electron chi connectivity index (χ2n) is 13.5. The zero-order valence-electron chi connectivity index (χ0n) is 30.7. The molecule has 0 heterocycles. The summed E-state index contributed by atoms with van der Waals surface area (Å²) in [7, 11) is 0. The fourth-order valence-electron chi connectivity index (χ4n) is 5.10. The van der Waals surface area contributed by atoms with Crippen LogP contribution in [0, 0.1) is 11.8 Å². The molecule has 19 nitrogen and oxygen atoms in total. The number of carboxylic acids is 1. The van der Waals surface area contributed by atoms with Gasteiger partial charge < -0.3 is 59.7 Å². The molecule has 0 aliphatic heterocycles. The van der Waals surface area contributed by atoms with Gasteiger partial charge in [-0.05, 0) is 49.5 Å². The van der Waals surface area contributed by atoms with Crippen molar-refractivity contribution in [3.8, 4) is 0 Å². The third-order valence-electron chi connectivity index (χ3n) is 7.73. The summed E-state index contributed by atoms with van der Waals surface area (Å²) >= 11 is 0. The maximum Gasteiger partial charge on any atom is 0.326 e. The number of nitrogens with two attached hydrogens (primary N) is 4. The Morgan fingerprint density at radius 3 is 1.58 bits per heavy atom. The lowest BCUT2D eigenvalue weighted by Crippen LogP contribution is -2.60. The number of primary amides is 1. The van der Waals surface area contributed by atoms with Crippen molar-refractivity contribution >= 4 is 47.4 Å². The van der Waals surface area contributed by atoms with Crippen LogP contribution in [0.25, 0.3) is 0 Å². The summed E-state index contributed by atoms with van der Waals surface area (Å²) in [6.45, 7) is 6.45. The van der Waals surface area contributed by atoms with Gasteiger partial charge in [0.1, 0.15) is 30.2 Å². The molecule has 0 fully saturated rings. The lowest BCUT2D eigenvalue weighted by atomic mass is 9.99. The number of carboxylic acid groups (broad SMARTS) is 1. The van der Waals surface area contributed by atoms with Crippen molar-refractivity contribution in [1.29, 1.82) is 0 Å². The first-order valence-electron chi connectivity index (χ1n) is 17.3. The molecule has 1 aromatic rings. The molecule has 53 heavy (non-hydrogen) atoms. The van der Waals surface area contributed by atoms with E-state index in [2.05, 4.69) is 31.6 Å². The average molecular weight is 749 g/mol. The molecule has 1 rings (SSSR count). The number of guanidine groups is 1. The number of aliphatic hydroxyl groups is 1. The van der Waals surface area contributed by atoms with Gasteiger partial charge in [-0.1, -0.05) is 58.0 Å². The van der Waals surface area contributed by atoms with Crippen LogP contribution in [-0.2, 0) is 40.0 Å². The minimum Gasteiger partial charge on any atom is -0.480 e. The fourth-order valence-corrected chi connectivity index (χ4v) is 5.10. The summed E-state index contributed by atoms with van der Waals surface area (Å²) in [6, 6.07) is 1.04. The van der Waals surface area contributed by atoms with E-state index < -0.39 is 90.7 Å². The highest BCUT2D eigenvalue weighted by Gasteiger charge is 2.33. The molecule has 0 saturated carbocycles. The third-order valence-corrected chi connectivity index (χ3v) is 7.73. The number of rotatable bonds is 24. The number of hydrogen-bond donors (Lipinski definition) is 11. The monoisotopic (exact) mass is 748 g/mol. The van der Waals surface area contributed by atoms with Crippen molar-refractivity contribution in [3.63, 3.8) is 0 Å². The summed E-state index contributed by atoms with van der Waals surface area (Å²) < 4.78 is 0. The summed E-state index contributed by atoms with van der Waals surface area (Å²) in [5.74, 6) is -7.03. The molecule has 0 bridgehead atoms. The predicted molar refractivity (Wildman–Crippen MR) is 195 cm³/mol. The number of carbonyl (C=O) groups excluding carboxylic acids is 6. The quantitative estimate of drug-likeness (QED) is 0.0288. The van der Waals surface area contributed by atoms with Gasteiger partial charge in [-0.25, -0.2) is 4.79 Å². The van der Waals surface area contributed by atoms with Crippen molar-refractivity contribution < 1.29 is 43.8 Å². The zero-order valence-corrected chi connectivity index (χ0v) is 30.7. The number of hydrogen-bond acceptors (Lipinski definition) is 10. The SMILES string of the molecule is CC(C)C[C@H](NC(=O)[C@H](CO)NC(=O)[C@H](N)Cc1ccccc1)C(=O)N[C@H](CC(C)C)C(=O)N[C@@H](CCCN=C(N)N)C(=O)N[C@H](CC(N)=O)C(=O)O. The van der Waals surface area contributed by atoms with Crippen LogP contribution < -0.4 is 49.5 Å². The van der Waals surface area contributed by atoms with Crippen molar-refractivity contribution in [2.45, 2.75) is 102 Å². The fraction of sp³-hybridized carbons (Fsp3) is 0.588. The van der Waals surface area contributed by atoms with Crippen LogP contribution in [0.3, 0.4) is 0 Å². The molecule has 0 unspecified atom stereocenters. The van der Waals surface area contributed by atoms with Gasteiger partial charge in [0.15, 0.2) is 5.96 Å². The lowest BCUT2D eigenvalue weighted by molar-refractivity contribution is -0.143. The summed E-state index contributed by atoms with van der Waals surface area (Å²) in [5.41, 5.74) is 22.7. The molecule has 0 spiro atoms. The topological polar surface area (TPSA) is 337 Å². The molecule has 0 aliphatic rings. The second kappa shape index (κ2) is 23.3. The van der Waals surface area contributed by atoms with Crippen LogP contribution in [0.4, 0.5) is 0 Å². The van der Waals surface area contributed by atoms with Gasteiger partial charge >= 0.3 is 5.97 Å². The zero-order chi connectivity index (χ0) is 40.2. The van der Waals surface area contributed by atoms with Crippen LogP contribution in [0.2, 0.25) is 0 Å². The number of benzene rings is 1. The Hall–Kier alpha value is -5.30. The maximum atomic E-state index is 13.7. The molecule has 0 aromatic heterocycles. The number of nitrogens with one attached hydrogen (secondary N) is 5. The van der Waals surface area contributed by atoms with E-state index in [1.807, 2.05) is 6.07 Å². The van der Waals surface area contributed by atoms with Gasteiger partial charge in [-0.3, -0.25) is 33.8 Å². The van der Waals surface area contributed by atoms with E-state index in [1.165, 1.54) is 0 Å². The summed E-state index contributed by atoms with van der Waals surface area (Å²) in [4.78, 5) is 93.5. The Kier molecular flexibility index (Phi) is 20.1. The molecular formula is C34H56N10O9. The molecule has 6 amide bonds. The van der Waals surface area contributed by atoms with Gasteiger partial charge in [0, 0.05) is 6.54 Å². The third kappa shape index (κ3) is 18.2. The van der Waals surface area contributed by atoms with Crippen LogP contribution in [-0.4, -0.2) is 107 Å². The van der Waals surface area contributed by atoms with Crippen molar-refractivity contribution in [2.24, 2.45) is 39.8 Å². The van der Waals surface area contributed by atoms with E-state index in [1.54, 1.807) is 52.0 Å². The van der Waals surface area contributed by atoms with E-state index in [0.29, 0.717) is 0 Å². The second-order valence-corrected chi connectivity index (χ2v) is 13.5. The molecule has 0 aliphatic carbocycles. The molecule has 1 aromatic carbocycles. The number of aliphatic imine (C=N–C) groups is 1. The minimum atomic E-state index is -1.67. The van der Waals surface area contributed by atoms with E-state index >= 15 is 0 Å². The largest absolute Gasteiger partial charge is 0.480 e. The first-order valence-corrected chi connectivity index (χ1v) is 17.3. The van der Waals surface area contributed by atoms with E-state index in [-0.39, 0.29) is 56.4 Å². The number of carbonyl (C=O) groups is 7. The van der Waals surface area contributed by atoms with E-state index in [9.17, 15) is 43.8 Å². The van der Waals surface area contributed by atoms with E-state index in [4.69, 9.17) is 22.9 Å². The summed E-state index contributed by atoms with van der Waals surface area (Å²) in [6.07, 6.45) is -0.208. The van der Waals surface area contributed by atoms with Crippen LogP contribution >= 0.6 is 0 Å². The number of aliphatic carboxylic acids is 1. The maximum absolute atomic E-state index is 13.7. The van der Waals surface area contributed by atoms with Crippen LogP contribution in [0.5, 0.6) is 0 Å². The predicted octanol–water partition coefficient (Wildman–Crippen LogP) is -2.92. The summed E-state index contributed by atoms with van der Waals surface area (Å²) in [5, 5.41) is 31.8. The van der Waals surface area contributed by atoms with Gasteiger partial charge in [0.2, 0.25) is 35.4 Å². The standard InChI is InChI=1S/C34H56N10O9/c1-18(2)13-23(30(49)40-22(11-8-12-39-34(37)38)29(48)43-25(33(52)53)16-27(36)46)41-31(50)24(14-19(3)4)42-32(51)26(17-45)44-28(47)21(35)15-20-9-6-5-7-10-20/h5-7,9-10,18-19,21-26,45H,8,11-17,35H2,1-4H3,(H2,36,46)(H,40,49)(H,41,50)(H,42,51)(H,43,48)(H,44,47)(H,52,53)(H4,37,38,39)/t21-,22+,23-,24+,25-,26+/m1/s1. The molecular weight excluding hydrogens is 692 g/mol. The molecule has 296 valence electrons. The minimum absolute atomic E-state index is 0.0606. The Bertz CT molecular complexity index is 1420. The number of nitrogens with zero attached hydrogens (tertiary/aromatic N) is 1. The average Bonchev–Trinajstić information content (AvgIpc) is 3.06. The molecule has 0 saturated heterocycles. The van der Waals surface area contributed by atoms with Gasteiger partial charge in [-0.2, -0.15) is 0 Å². The Morgan fingerprint density at radius 2 is 1.13 bits per heavy atom.